The Hall–Kier alpha value is -3.86. The van der Waals surface area contributed by atoms with E-state index in [1.807, 2.05) is 6.07 Å². The van der Waals surface area contributed by atoms with Crippen LogP contribution in [0.15, 0.2) is 57.7 Å². The second-order valence-electron chi connectivity index (χ2n) is 7.26. The number of allylic oxidation sites excluding steroid dienone is 3. The van der Waals surface area contributed by atoms with Gasteiger partial charge in [0.05, 0.1) is 33.5 Å². The highest BCUT2D eigenvalue weighted by atomic mass is 16.5. The molecule has 0 amide bonds. The molecule has 1 aromatic carbocycles. The molecule has 0 radical (unpaired) electrons. The fraction of sp³-hybridized carbons (Fsp3) is 0.304. The Kier molecular flexibility index (Phi) is 5.34. The molecule has 2 atom stereocenters. The molecule has 0 saturated heterocycles. The van der Waals surface area contributed by atoms with Crippen LogP contribution in [0.2, 0.25) is 0 Å². The number of nitrogens with two attached hydrogens (primary N) is 1. The van der Waals surface area contributed by atoms with Gasteiger partial charge in [0.15, 0.2) is 17.3 Å². The van der Waals surface area contributed by atoms with Gasteiger partial charge in [-0.2, -0.15) is 5.26 Å². The molecule has 0 saturated carbocycles. The monoisotopic (exact) mass is 422 g/mol. The minimum atomic E-state index is -0.701. The average Bonchev–Trinajstić information content (AvgIpc) is 3.32. The second kappa shape index (κ2) is 8.11. The topological polar surface area (TPSA) is 117 Å². The largest absolute Gasteiger partial charge is 0.493 e. The zero-order valence-electron chi connectivity index (χ0n) is 17.4. The van der Waals surface area contributed by atoms with Crippen LogP contribution in [-0.4, -0.2) is 27.1 Å². The van der Waals surface area contributed by atoms with Crippen LogP contribution in [0, 0.1) is 11.3 Å². The number of Topliss-reactive ketones (excluding diaryl/α,β-unsaturated/α-hetero) is 1. The Morgan fingerprint density at radius 2 is 1.84 bits per heavy atom. The van der Waals surface area contributed by atoms with E-state index in [1.165, 1.54) is 21.3 Å². The first kappa shape index (κ1) is 20.4. The van der Waals surface area contributed by atoms with Gasteiger partial charge in [-0.05, 0) is 29.8 Å². The number of hydrogen-bond donors (Lipinski definition) is 1. The van der Waals surface area contributed by atoms with Crippen LogP contribution in [-0.2, 0) is 9.53 Å². The third kappa shape index (κ3) is 3.38. The number of hydrogen-bond acceptors (Lipinski definition) is 8. The van der Waals surface area contributed by atoms with Gasteiger partial charge < -0.3 is 29.1 Å². The van der Waals surface area contributed by atoms with Crippen molar-refractivity contribution < 1.29 is 28.2 Å². The summed E-state index contributed by atoms with van der Waals surface area (Å²) in [7, 11) is 4.52. The van der Waals surface area contributed by atoms with E-state index in [2.05, 4.69) is 6.07 Å². The van der Waals surface area contributed by atoms with E-state index >= 15 is 0 Å². The first-order valence-corrected chi connectivity index (χ1v) is 9.69. The minimum Gasteiger partial charge on any atom is -0.493 e. The van der Waals surface area contributed by atoms with Crippen molar-refractivity contribution in [1.82, 2.24) is 0 Å². The summed E-state index contributed by atoms with van der Waals surface area (Å²) in [4.78, 5) is 13.3. The van der Waals surface area contributed by atoms with Crippen molar-refractivity contribution in [3.8, 4) is 23.3 Å². The number of ether oxygens (including phenoxy) is 4. The molecule has 160 valence electrons. The SMILES string of the molecule is COc1cc([C@H]2C(C#N)=C(N)OC3=C2C(=O)C[C@@H](c2ccco2)C3)cc(OC)c1OC. The number of benzene rings is 1. The van der Waals surface area contributed by atoms with Gasteiger partial charge in [-0.15, -0.1) is 0 Å². The van der Waals surface area contributed by atoms with E-state index < -0.39 is 5.92 Å². The quantitative estimate of drug-likeness (QED) is 0.778. The van der Waals surface area contributed by atoms with Crippen molar-refractivity contribution >= 4 is 5.78 Å². The summed E-state index contributed by atoms with van der Waals surface area (Å²) in [6, 6.07) is 9.17. The number of ketones is 1. The number of methoxy groups -OCH3 is 3. The Labute approximate surface area is 179 Å². The van der Waals surface area contributed by atoms with Crippen LogP contribution < -0.4 is 19.9 Å². The highest BCUT2D eigenvalue weighted by Gasteiger charge is 2.42. The van der Waals surface area contributed by atoms with Crippen molar-refractivity contribution in [2.24, 2.45) is 5.73 Å². The Bertz CT molecular complexity index is 1100. The molecule has 2 heterocycles. The molecule has 8 heteroatoms. The van der Waals surface area contributed by atoms with Crippen LogP contribution in [0.3, 0.4) is 0 Å². The molecule has 1 aliphatic heterocycles. The summed E-state index contributed by atoms with van der Waals surface area (Å²) in [6.45, 7) is 0. The van der Waals surface area contributed by atoms with Gasteiger partial charge in [0.2, 0.25) is 11.6 Å². The molecule has 0 bridgehead atoms. The predicted molar refractivity (Wildman–Crippen MR) is 109 cm³/mol. The molecular weight excluding hydrogens is 400 g/mol. The van der Waals surface area contributed by atoms with Crippen LogP contribution >= 0.6 is 0 Å². The second-order valence-corrected chi connectivity index (χ2v) is 7.26. The minimum absolute atomic E-state index is 0.0205. The van der Waals surface area contributed by atoms with Gasteiger partial charge >= 0.3 is 0 Å². The van der Waals surface area contributed by atoms with Gasteiger partial charge in [0.1, 0.15) is 23.2 Å². The van der Waals surface area contributed by atoms with Crippen LogP contribution in [0.1, 0.15) is 36.0 Å². The zero-order valence-corrected chi connectivity index (χ0v) is 17.4. The van der Waals surface area contributed by atoms with E-state index in [4.69, 9.17) is 29.1 Å². The number of rotatable bonds is 5. The number of carbonyl (C=O) groups excluding carboxylic acids is 1. The molecule has 8 nitrogen and oxygen atoms in total. The summed E-state index contributed by atoms with van der Waals surface area (Å²) in [5, 5.41) is 9.82. The lowest BCUT2D eigenvalue weighted by Gasteiger charge is -2.33. The van der Waals surface area contributed by atoms with Gasteiger partial charge in [0.25, 0.3) is 0 Å². The van der Waals surface area contributed by atoms with Crippen molar-refractivity contribution in [2.45, 2.75) is 24.7 Å². The number of furan rings is 1. The molecule has 4 rings (SSSR count). The number of carbonyl (C=O) groups is 1. The number of nitrogens with zero attached hydrogens (tertiary/aromatic N) is 1. The summed E-state index contributed by atoms with van der Waals surface area (Å²) in [5.41, 5.74) is 7.31. The van der Waals surface area contributed by atoms with Gasteiger partial charge in [-0.1, -0.05) is 0 Å². The van der Waals surface area contributed by atoms with Gasteiger partial charge in [-0.25, -0.2) is 0 Å². The molecule has 0 unspecified atom stereocenters. The fourth-order valence-electron chi connectivity index (χ4n) is 4.23. The highest BCUT2D eigenvalue weighted by molar-refractivity contribution is 6.00. The highest BCUT2D eigenvalue weighted by Crippen LogP contribution is 2.49. The maximum atomic E-state index is 13.3. The Morgan fingerprint density at radius 3 is 2.39 bits per heavy atom. The van der Waals surface area contributed by atoms with E-state index in [0.717, 1.165) is 0 Å². The smallest absolute Gasteiger partial charge is 0.205 e. The maximum absolute atomic E-state index is 13.3. The predicted octanol–water partition coefficient (Wildman–Crippen LogP) is 3.51. The molecule has 31 heavy (non-hydrogen) atoms. The van der Waals surface area contributed by atoms with E-state index in [-0.39, 0.29) is 29.6 Å². The lowest BCUT2D eigenvalue weighted by Crippen LogP contribution is -2.29. The molecule has 1 aromatic heterocycles. The molecule has 0 fully saturated rings. The lowest BCUT2D eigenvalue weighted by atomic mass is 9.74. The first-order chi connectivity index (χ1) is 15.0. The van der Waals surface area contributed by atoms with Crippen molar-refractivity contribution in [2.75, 3.05) is 21.3 Å². The Morgan fingerprint density at radius 1 is 1.13 bits per heavy atom. The molecule has 2 N–H and O–H groups in total. The summed E-state index contributed by atoms with van der Waals surface area (Å²) < 4.78 is 27.6. The fourth-order valence-corrected chi connectivity index (χ4v) is 4.23. The third-order valence-electron chi connectivity index (χ3n) is 5.63. The number of nitriles is 1. The summed E-state index contributed by atoms with van der Waals surface area (Å²) >= 11 is 0. The summed E-state index contributed by atoms with van der Waals surface area (Å²) in [6.07, 6.45) is 2.26. The van der Waals surface area contributed by atoms with Crippen LogP contribution in [0.25, 0.3) is 0 Å². The lowest BCUT2D eigenvalue weighted by molar-refractivity contribution is -0.117. The van der Waals surface area contributed by atoms with Crippen molar-refractivity contribution in [3.63, 3.8) is 0 Å². The standard InChI is InChI=1S/C23H22N2O6/c1-27-18-9-13(10-19(28-2)22(18)29-3)20-14(11-24)23(25)31-17-8-12(7-15(26)21(17)20)16-5-4-6-30-16/h4-6,9-10,12,20H,7-8,25H2,1-3H3/t12-,20+/m1/s1. The van der Waals surface area contributed by atoms with Crippen molar-refractivity contribution in [1.29, 1.82) is 5.26 Å². The third-order valence-corrected chi connectivity index (χ3v) is 5.63. The van der Waals surface area contributed by atoms with E-state index in [9.17, 15) is 10.1 Å². The molecule has 0 spiro atoms. The zero-order chi connectivity index (χ0) is 22.1. The van der Waals surface area contributed by atoms with E-state index in [1.54, 1.807) is 24.5 Å². The average molecular weight is 422 g/mol. The molecule has 2 aromatic rings. The molecular formula is C23H22N2O6. The van der Waals surface area contributed by atoms with Crippen LogP contribution in [0.4, 0.5) is 0 Å². The maximum Gasteiger partial charge on any atom is 0.205 e. The Balaban J connectivity index is 1.86. The molecule has 2 aliphatic rings. The van der Waals surface area contributed by atoms with E-state index in [0.29, 0.717) is 46.3 Å². The van der Waals surface area contributed by atoms with Crippen molar-refractivity contribution in [3.05, 3.63) is 64.6 Å². The first-order valence-electron chi connectivity index (χ1n) is 9.69. The van der Waals surface area contributed by atoms with Gasteiger partial charge in [-0.3, -0.25) is 4.79 Å². The molecule has 1 aliphatic carbocycles. The van der Waals surface area contributed by atoms with Crippen LogP contribution in [0.5, 0.6) is 17.2 Å². The van der Waals surface area contributed by atoms with Gasteiger partial charge in [0, 0.05) is 24.3 Å². The normalized spacial score (nSPS) is 20.6. The summed E-state index contributed by atoms with van der Waals surface area (Å²) in [5.74, 6) is 1.41.